The van der Waals surface area contributed by atoms with Gasteiger partial charge in [-0.3, -0.25) is 4.90 Å². The monoisotopic (exact) mass is 466 g/mol. The fourth-order valence-electron chi connectivity index (χ4n) is 6.92. The average Bonchev–Trinajstić information content (AvgIpc) is 3.03. The molecule has 1 aliphatic carbocycles. The van der Waals surface area contributed by atoms with Crippen molar-refractivity contribution in [2.45, 2.75) is 59.0 Å². The van der Waals surface area contributed by atoms with Gasteiger partial charge in [-0.05, 0) is 110 Å². The van der Waals surface area contributed by atoms with Gasteiger partial charge < -0.3 is 14.7 Å². The van der Waals surface area contributed by atoms with Crippen molar-refractivity contribution in [2.24, 2.45) is 11.3 Å². The Balaban J connectivity index is 1.57. The Hall–Kier alpha value is -2.60. The zero-order valence-corrected chi connectivity index (χ0v) is 20.8. The molecular formula is C28H35FN2O3. The van der Waals surface area contributed by atoms with Crippen LogP contribution in [0, 0.1) is 31.0 Å². The number of ether oxygens (including phenoxy) is 1. The summed E-state index contributed by atoms with van der Waals surface area (Å²) >= 11 is 0. The van der Waals surface area contributed by atoms with E-state index in [0.717, 1.165) is 72.5 Å². The van der Waals surface area contributed by atoms with Crippen molar-refractivity contribution in [1.29, 1.82) is 0 Å². The predicted octanol–water partition coefficient (Wildman–Crippen LogP) is 5.82. The highest BCUT2D eigenvalue weighted by molar-refractivity contribution is 5.71. The Morgan fingerprint density at radius 1 is 1.15 bits per heavy atom. The molecule has 182 valence electrons. The van der Waals surface area contributed by atoms with Crippen LogP contribution in [0.2, 0.25) is 0 Å². The minimum absolute atomic E-state index is 0.0372. The van der Waals surface area contributed by atoms with Crippen LogP contribution in [-0.2, 0) is 6.42 Å². The summed E-state index contributed by atoms with van der Waals surface area (Å²) in [6.45, 7) is 11.1. The summed E-state index contributed by atoms with van der Waals surface area (Å²) in [5.41, 5.74) is 4.88. The molecule has 0 aromatic heterocycles. The van der Waals surface area contributed by atoms with E-state index in [1.165, 1.54) is 0 Å². The zero-order valence-electron chi connectivity index (χ0n) is 20.8. The van der Waals surface area contributed by atoms with Crippen LogP contribution < -0.4 is 4.74 Å². The molecule has 1 N–H and O–H groups in total. The third-order valence-electron chi connectivity index (χ3n) is 8.36. The Bertz CT molecular complexity index is 1110. The predicted molar refractivity (Wildman–Crippen MR) is 131 cm³/mol. The summed E-state index contributed by atoms with van der Waals surface area (Å²) in [6, 6.07) is 7.09. The Kier molecular flexibility index (Phi) is 5.63. The first-order valence-electron chi connectivity index (χ1n) is 12.3. The lowest BCUT2D eigenvalue weighted by Crippen LogP contribution is -2.60. The average molecular weight is 467 g/mol. The Morgan fingerprint density at radius 3 is 2.32 bits per heavy atom. The van der Waals surface area contributed by atoms with Crippen molar-refractivity contribution in [3.05, 3.63) is 52.3 Å². The number of amides is 1. The van der Waals surface area contributed by atoms with Crippen molar-refractivity contribution in [2.75, 3.05) is 26.7 Å². The summed E-state index contributed by atoms with van der Waals surface area (Å²) in [4.78, 5) is 16.7. The number of halogens is 1. The fourth-order valence-corrected chi connectivity index (χ4v) is 6.92. The van der Waals surface area contributed by atoms with Gasteiger partial charge in [-0.2, -0.15) is 0 Å². The normalized spacial score (nSPS) is 26.9. The lowest BCUT2D eigenvalue weighted by atomic mass is 9.79. The van der Waals surface area contributed by atoms with Gasteiger partial charge in [0.15, 0.2) is 0 Å². The van der Waals surface area contributed by atoms with Gasteiger partial charge in [-0.15, -0.1) is 0 Å². The molecule has 5 nitrogen and oxygen atoms in total. The lowest BCUT2D eigenvalue weighted by molar-refractivity contribution is -0.0267. The molecule has 0 saturated carbocycles. The molecule has 2 atom stereocenters. The van der Waals surface area contributed by atoms with E-state index in [9.17, 15) is 9.90 Å². The number of piperidine rings is 3. The van der Waals surface area contributed by atoms with Crippen LogP contribution in [0.4, 0.5) is 9.18 Å². The Labute approximate surface area is 201 Å². The summed E-state index contributed by atoms with van der Waals surface area (Å²) in [7, 11) is 1.65. The Morgan fingerprint density at radius 2 is 1.79 bits per heavy atom. The van der Waals surface area contributed by atoms with Crippen LogP contribution in [0.3, 0.4) is 0 Å². The SMILES string of the molecule is COc1c(C)cc(-c2cc3c(cc2F)[C@H](N(C(=O)O)[C@@H]2CN4CCC2CC4)C(C)(C)C3)cc1C. The topological polar surface area (TPSA) is 53.0 Å². The number of aryl methyl sites for hydroxylation is 2. The highest BCUT2D eigenvalue weighted by Crippen LogP contribution is 2.52. The number of hydrogen-bond donors (Lipinski definition) is 1. The second-order valence-electron chi connectivity index (χ2n) is 11.1. The van der Waals surface area contributed by atoms with Crippen molar-refractivity contribution in [3.8, 4) is 16.9 Å². The standard InChI is InChI=1S/C28H35FN2O3/c1-16-10-19(11-17(2)25(16)34-5)21-12-20-14-28(3,4)26(22(20)13-23(21)29)31(27(32)33)24-15-30-8-6-18(24)7-9-30/h10-13,18,24,26H,6-9,14-15H2,1-5H3,(H,32,33)/t24-,26+/m1/s1. The molecule has 2 bridgehead atoms. The van der Waals surface area contributed by atoms with Crippen LogP contribution in [0.1, 0.15) is 55.0 Å². The second kappa shape index (κ2) is 8.26. The van der Waals surface area contributed by atoms with Crippen LogP contribution in [0.5, 0.6) is 5.75 Å². The first-order chi connectivity index (χ1) is 16.1. The molecule has 3 heterocycles. The number of fused-ring (bicyclic) bond motifs is 4. The largest absolute Gasteiger partial charge is 0.496 e. The van der Waals surface area contributed by atoms with E-state index in [-0.39, 0.29) is 23.3 Å². The quantitative estimate of drug-likeness (QED) is 0.617. The lowest BCUT2D eigenvalue weighted by Gasteiger charge is -2.51. The molecule has 2 aromatic carbocycles. The third-order valence-corrected chi connectivity index (χ3v) is 8.36. The van der Waals surface area contributed by atoms with Crippen molar-refractivity contribution in [1.82, 2.24) is 9.80 Å². The highest BCUT2D eigenvalue weighted by Gasteiger charge is 2.50. The van der Waals surface area contributed by atoms with Gasteiger partial charge >= 0.3 is 6.09 Å². The minimum atomic E-state index is -0.893. The summed E-state index contributed by atoms with van der Waals surface area (Å²) in [5, 5.41) is 10.4. The molecule has 0 radical (unpaired) electrons. The molecule has 34 heavy (non-hydrogen) atoms. The van der Waals surface area contributed by atoms with E-state index < -0.39 is 6.09 Å². The van der Waals surface area contributed by atoms with Crippen molar-refractivity contribution in [3.63, 3.8) is 0 Å². The van der Waals surface area contributed by atoms with E-state index in [2.05, 4.69) is 18.7 Å². The van der Waals surface area contributed by atoms with E-state index >= 15 is 4.39 Å². The molecule has 6 heteroatoms. The number of hydrogen-bond acceptors (Lipinski definition) is 3. The van der Waals surface area contributed by atoms with Gasteiger partial charge in [0.05, 0.1) is 19.2 Å². The molecular weight excluding hydrogens is 431 g/mol. The van der Waals surface area contributed by atoms with Gasteiger partial charge in [-0.1, -0.05) is 13.8 Å². The van der Waals surface area contributed by atoms with E-state index in [1.807, 2.05) is 32.0 Å². The first-order valence-corrected chi connectivity index (χ1v) is 12.3. The maximum absolute atomic E-state index is 15.7. The maximum atomic E-state index is 15.7. The number of carboxylic acid groups (broad SMARTS) is 1. The van der Waals surface area contributed by atoms with Crippen LogP contribution >= 0.6 is 0 Å². The summed E-state index contributed by atoms with van der Waals surface area (Å²) in [5.74, 6) is 0.904. The van der Waals surface area contributed by atoms with Gasteiger partial charge in [0.25, 0.3) is 0 Å². The molecule has 3 saturated heterocycles. The van der Waals surface area contributed by atoms with Gasteiger partial charge in [0.2, 0.25) is 0 Å². The van der Waals surface area contributed by atoms with Gasteiger partial charge in [0.1, 0.15) is 11.6 Å². The minimum Gasteiger partial charge on any atom is -0.496 e. The first kappa shape index (κ1) is 23.2. The molecule has 3 aliphatic heterocycles. The fraction of sp³-hybridized carbons (Fsp3) is 0.536. The highest BCUT2D eigenvalue weighted by atomic mass is 19.1. The van der Waals surface area contributed by atoms with Crippen LogP contribution in [0.25, 0.3) is 11.1 Å². The van der Waals surface area contributed by atoms with Crippen molar-refractivity contribution >= 4 is 6.09 Å². The van der Waals surface area contributed by atoms with E-state index in [0.29, 0.717) is 11.5 Å². The third kappa shape index (κ3) is 3.67. The summed E-state index contributed by atoms with van der Waals surface area (Å²) in [6.07, 6.45) is 1.91. The number of methoxy groups -OCH3 is 1. The molecule has 4 aliphatic rings. The van der Waals surface area contributed by atoms with Crippen LogP contribution in [0.15, 0.2) is 24.3 Å². The smallest absolute Gasteiger partial charge is 0.408 e. The number of benzene rings is 2. The maximum Gasteiger partial charge on any atom is 0.408 e. The summed E-state index contributed by atoms with van der Waals surface area (Å²) < 4.78 is 21.1. The van der Waals surface area contributed by atoms with Crippen molar-refractivity contribution < 1.29 is 19.0 Å². The van der Waals surface area contributed by atoms with E-state index in [1.54, 1.807) is 18.1 Å². The molecule has 3 fully saturated rings. The number of nitrogens with zero attached hydrogens (tertiary/aromatic N) is 2. The molecule has 6 rings (SSSR count). The molecule has 2 aromatic rings. The zero-order chi connectivity index (χ0) is 24.4. The second-order valence-corrected chi connectivity index (χ2v) is 11.1. The van der Waals surface area contributed by atoms with E-state index in [4.69, 9.17) is 4.74 Å². The number of carbonyl (C=O) groups is 1. The van der Waals surface area contributed by atoms with Gasteiger partial charge in [0, 0.05) is 12.1 Å². The molecule has 0 unspecified atom stereocenters. The number of rotatable bonds is 4. The molecule has 1 amide bonds. The van der Waals surface area contributed by atoms with Crippen LogP contribution in [-0.4, -0.2) is 53.8 Å². The molecule has 0 spiro atoms. The van der Waals surface area contributed by atoms with Gasteiger partial charge in [-0.25, -0.2) is 9.18 Å².